The zero-order valence-electron chi connectivity index (χ0n) is 11.8. The summed E-state index contributed by atoms with van der Waals surface area (Å²) in [5.74, 6) is 0. The Morgan fingerprint density at radius 2 is 1.81 bits per heavy atom. The first-order valence-electron chi connectivity index (χ1n) is 6.61. The van der Waals surface area contributed by atoms with Crippen molar-refractivity contribution < 1.29 is 4.21 Å². The van der Waals surface area contributed by atoms with Crippen molar-refractivity contribution >= 4 is 21.9 Å². The molecule has 3 nitrogen and oxygen atoms in total. The molecule has 0 amide bonds. The van der Waals surface area contributed by atoms with E-state index in [-0.39, 0.29) is 0 Å². The van der Waals surface area contributed by atoms with Crippen LogP contribution in [0.2, 0.25) is 0 Å². The van der Waals surface area contributed by atoms with Crippen LogP contribution in [-0.2, 0) is 11.0 Å². The van der Waals surface area contributed by atoms with Crippen LogP contribution in [0.15, 0.2) is 53.6 Å². The van der Waals surface area contributed by atoms with Gasteiger partial charge in [-0.2, -0.15) is 5.26 Å². The number of hydrogen-bond donors (Lipinski definition) is 0. The molecule has 0 aliphatic rings. The predicted octanol–water partition coefficient (Wildman–Crippen LogP) is 3.70. The van der Waals surface area contributed by atoms with Crippen LogP contribution in [0.4, 0.5) is 0 Å². The predicted molar refractivity (Wildman–Crippen MR) is 84.4 cm³/mol. The number of nitriles is 1. The summed E-state index contributed by atoms with van der Waals surface area (Å²) in [5, 5.41) is 9.96. The molecule has 0 aliphatic carbocycles. The Morgan fingerprint density at radius 1 is 1.10 bits per heavy atom. The molecule has 104 valence electrons. The van der Waals surface area contributed by atoms with Gasteiger partial charge in [-0.3, -0.25) is 3.97 Å². The number of hydrogen-bond acceptors (Lipinski definition) is 2. The molecule has 4 heteroatoms. The van der Waals surface area contributed by atoms with Gasteiger partial charge in [0.05, 0.1) is 22.0 Å². The molecule has 2 aromatic carbocycles. The summed E-state index contributed by atoms with van der Waals surface area (Å²) in [4.78, 5) is 0.766. The van der Waals surface area contributed by atoms with Gasteiger partial charge in [-0.1, -0.05) is 17.7 Å². The molecule has 1 aromatic heterocycles. The van der Waals surface area contributed by atoms with Crippen molar-refractivity contribution in [1.29, 1.82) is 5.26 Å². The van der Waals surface area contributed by atoms with Gasteiger partial charge in [-0.05, 0) is 49.7 Å². The number of benzene rings is 2. The number of aromatic nitrogens is 1. The molecule has 0 saturated heterocycles. The number of aryl methyl sites for hydroxylation is 2. The fourth-order valence-corrected chi connectivity index (χ4v) is 3.52. The molecule has 0 fully saturated rings. The van der Waals surface area contributed by atoms with Crippen molar-refractivity contribution in [2.45, 2.75) is 18.7 Å². The first-order chi connectivity index (χ1) is 10.1. The molecule has 0 bridgehead atoms. The molecule has 0 saturated carbocycles. The standard InChI is InChI=1S/C17H14N2OS/c1-12-3-6-15(7-4-12)21(20)19-11-13(2)16-9-14(10-18)5-8-17(16)19/h3-9,11H,1-2H3. The van der Waals surface area contributed by atoms with Crippen LogP contribution in [0.5, 0.6) is 0 Å². The van der Waals surface area contributed by atoms with Crippen molar-refractivity contribution in [3.63, 3.8) is 0 Å². The first-order valence-corrected chi connectivity index (χ1v) is 7.71. The van der Waals surface area contributed by atoms with Crippen molar-refractivity contribution in [3.8, 4) is 6.07 Å². The van der Waals surface area contributed by atoms with Gasteiger partial charge in [-0.25, -0.2) is 4.21 Å². The SMILES string of the molecule is Cc1ccc(S(=O)n2cc(C)c3cc(C#N)ccc32)cc1. The Kier molecular flexibility index (Phi) is 3.36. The average Bonchev–Trinajstić information content (AvgIpc) is 2.84. The topological polar surface area (TPSA) is 45.8 Å². The van der Waals surface area contributed by atoms with Gasteiger partial charge in [0.2, 0.25) is 0 Å². The third-order valence-corrected chi connectivity index (χ3v) is 4.83. The van der Waals surface area contributed by atoms with Crippen molar-refractivity contribution in [1.82, 2.24) is 3.97 Å². The fraction of sp³-hybridized carbons (Fsp3) is 0.118. The normalized spacial score (nSPS) is 12.2. The van der Waals surface area contributed by atoms with Crippen LogP contribution < -0.4 is 0 Å². The lowest BCUT2D eigenvalue weighted by molar-refractivity contribution is 0.678. The van der Waals surface area contributed by atoms with Gasteiger partial charge in [0.15, 0.2) is 11.0 Å². The highest BCUT2D eigenvalue weighted by Gasteiger charge is 2.12. The van der Waals surface area contributed by atoms with E-state index in [4.69, 9.17) is 5.26 Å². The molecule has 0 radical (unpaired) electrons. The maximum absolute atomic E-state index is 12.7. The smallest absolute Gasteiger partial charge is 0.157 e. The molecule has 1 atom stereocenters. The summed E-state index contributed by atoms with van der Waals surface area (Å²) in [6, 6.07) is 15.3. The molecule has 0 spiro atoms. The van der Waals surface area contributed by atoms with Crippen LogP contribution >= 0.6 is 0 Å². The maximum Gasteiger partial charge on any atom is 0.157 e. The highest BCUT2D eigenvalue weighted by molar-refractivity contribution is 7.83. The Balaban J connectivity index is 2.15. The number of fused-ring (bicyclic) bond motifs is 1. The van der Waals surface area contributed by atoms with E-state index in [0.29, 0.717) is 5.56 Å². The zero-order valence-corrected chi connectivity index (χ0v) is 12.6. The van der Waals surface area contributed by atoms with Gasteiger partial charge in [0, 0.05) is 11.6 Å². The van der Waals surface area contributed by atoms with Gasteiger partial charge in [0.1, 0.15) is 0 Å². The number of nitrogens with zero attached hydrogens (tertiary/aromatic N) is 2. The van der Waals surface area contributed by atoms with Crippen LogP contribution in [0.25, 0.3) is 10.9 Å². The van der Waals surface area contributed by atoms with E-state index in [9.17, 15) is 4.21 Å². The monoisotopic (exact) mass is 294 g/mol. The van der Waals surface area contributed by atoms with Crippen molar-refractivity contribution in [2.24, 2.45) is 0 Å². The lowest BCUT2D eigenvalue weighted by Crippen LogP contribution is -2.03. The summed E-state index contributed by atoms with van der Waals surface area (Å²) in [5.41, 5.74) is 3.65. The summed E-state index contributed by atoms with van der Waals surface area (Å²) in [7, 11) is -1.28. The van der Waals surface area contributed by atoms with E-state index in [2.05, 4.69) is 6.07 Å². The van der Waals surface area contributed by atoms with Crippen LogP contribution in [-0.4, -0.2) is 8.18 Å². The molecular weight excluding hydrogens is 280 g/mol. The van der Waals surface area contributed by atoms with E-state index < -0.39 is 11.0 Å². The molecule has 3 rings (SSSR count). The second kappa shape index (κ2) is 5.19. The van der Waals surface area contributed by atoms with Crippen LogP contribution in [0.1, 0.15) is 16.7 Å². The molecule has 0 aliphatic heterocycles. The summed E-state index contributed by atoms with van der Waals surface area (Å²) in [6.45, 7) is 3.97. The minimum Gasteiger partial charge on any atom is -0.262 e. The Bertz CT molecular complexity index is 886. The summed E-state index contributed by atoms with van der Waals surface area (Å²) in [6.07, 6.45) is 1.88. The molecule has 3 aromatic rings. The minimum absolute atomic E-state index is 0.615. The Labute approximate surface area is 126 Å². The van der Waals surface area contributed by atoms with E-state index in [0.717, 1.165) is 26.9 Å². The molecule has 0 N–H and O–H groups in total. The average molecular weight is 294 g/mol. The zero-order chi connectivity index (χ0) is 15.0. The fourth-order valence-electron chi connectivity index (χ4n) is 2.33. The number of rotatable bonds is 2. The first kappa shape index (κ1) is 13.6. The second-order valence-corrected chi connectivity index (χ2v) is 6.41. The lowest BCUT2D eigenvalue weighted by atomic mass is 10.1. The van der Waals surface area contributed by atoms with Crippen LogP contribution in [0.3, 0.4) is 0 Å². The summed E-state index contributed by atoms with van der Waals surface area (Å²) < 4.78 is 14.5. The highest BCUT2D eigenvalue weighted by atomic mass is 32.2. The molecular formula is C17H14N2OS. The van der Waals surface area contributed by atoms with Crippen molar-refractivity contribution in [2.75, 3.05) is 0 Å². The maximum atomic E-state index is 12.7. The quantitative estimate of drug-likeness (QED) is 0.723. The Morgan fingerprint density at radius 3 is 2.48 bits per heavy atom. The van der Waals surface area contributed by atoms with Gasteiger partial charge in [-0.15, -0.1) is 0 Å². The van der Waals surface area contributed by atoms with E-state index in [1.807, 2.05) is 56.4 Å². The van der Waals surface area contributed by atoms with E-state index in [1.165, 1.54) is 0 Å². The molecule has 1 heterocycles. The lowest BCUT2D eigenvalue weighted by Gasteiger charge is -2.05. The second-order valence-electron chi connectivity index (χ2n) is 5.04. The van der Waals surface area contributed by atoms with Gasteiger partial charge >= 0.3 is 0 Å². The third kappa shape index (κ3) is 2.37. The van der Waals surface area contributed by atoms with Crippen LogP contribution in [0, 0.1) is 25.2 Å². The minimum atomic E-state index is -1.28. The highest BCUT2D eigenvalue weighted by Crippen LogP contribution is 2.24. The van der Waals surface area contributed by atoms with Crippen molar-refractivity contribution in [3.05, 3.63) is 65.4 Å². The summed E-state index contributed by atoms with van der Waals surface area (Å²) >= 11 is 0. The van der Waals surface area contributed by atoms with Gasteiger partial charge < -0.3 is 0 Å². The molecule has 21 heavy (non-hydrogen) atoms. The third-order valence-electron chi connectivity index (χ3n) is 3.50. The molecule has 1 unspecified atom stereocenters. The van der Waals surface area contributed by atoms with E-state index in [1.54, 1.807) is 10.0 Å². The van der Waals surface area contributed by atoms with Gasteiger partial charge in [0.25, 0.3) is 0 Å². The largest absolute Gasteiger partial charge is 0.262 e. The Hall–Kier alpha value is -2.38. The van der Waals surface area contributed by atoms with E-state index >= 15 is 0 Å².